The second-order valence-corrected chi connectivity index (χ2v) is 7.37. The van der Waals surface area contributed by atoms with Crippen LogP contribution in [-0.4, -0.2) is 31.2 Å². The number of aromatic nitrogens is 2. The van der Waals surface area contributed by atoms with Crippen molar-refractivity contribution in [1.29, 1.82) is 0 Å². The molecule has 0 aliphatic carbocycles. The third-order valence-corrected chi connectivity index (χ3v) is 5.37. The maximum Gasteiger partial charge on any atom is 0.416 e. The summed E-state index contributed by atoms with van der Waals surface area (Å²) in [4.78, 5) is 0.285. The number of hydrogen-bond donors (Lipinski definition) is 1. The van der Waals surface area contributed by atoms with Gasteiger partial charge in [-0.05, 0) is 19.1 Å². The molecule has 2 rings (SSSR count). The Morgan fingerprint density at radius 3 is 2.36 bits per heavy atom. The molecule has 0 amide bonds. The maximum atomic E-state index is 12.9. The first kappa shape index (κ1) is 19.7. The van der Waals surface area contributed by atoms with E-state index in [-0.39, 0.29) is 32.1 Å². The fourth-order valence-corrected chi connectivity index (χ4v) is 3.90. The summed E-state index contributed by atoms with van der Waals surface area (Å²) in [7, 11) is -1.45. The lowest BCUT2D eigenvalue weighted by Crippen LogP contribution is -2.08. The van der Waals surface area contributed by atoms with Crippen LogP contribution < -0.4 is 0 Å². The summed E-state index contributed by atoms with van der Waals surface area (Å²) in [5.41, 5.74) is -0.516. The number of oxime groups is 1. The predicted molar refractivity (Wildman–Crippen MR) is 89.7 cm³/mol. The van der Waals surface area contributed by atoms with Crippen molar-refractivity contribution in [3.63, 3.8) is 0 Å². The van der Waals surface area contributed by atoms with E-state index < -0.39 is 22.5 Å². The van der Waals surface area contributed by atoms with Crippen molar-refractivity contribution in [2.24, 2.45) is 5.16 Å². The molecular weight excluding hydrogens is 402 g/mol. The highest BCUT2D eigenvalue weighted by Gasteiger charge is 2.32. The lowest BCUT2D eigenvalue weighted by atomic mass is 10.2. The summed E-state index contributed by atoms with van der Waals surface area (Å²) in [6, 6.07) is 1.47. The molecule has 0 radical (unpaired) electrons. The van der Waals surface area contributed by atoms with Gasteiger partial charge >= 0.3 is 6.18 Å². The molecule has 1 heterocycles. The monoisotopic (exact) mass is 413 g/mol. The van der Waals surface area contributed by atoms with E-state index in [1.165, 1.54) is 4.68 Å². The Morgan fingerprint density at radius 2 is 1.92 bits per heavy atom. The normalized spacial score (nSPS) is 13.6. The van der Waals surface area contributed by atoms with Gasteiger partial charge in [-0.2, -0.15) is 18.3 Å². The molecule has 5 nitrogen and oxygen atoms in total. The topological polar surface area (TPSA) is 67.5 Å². The predicted octanol–water partition coefficient (Wildman–Crippen LogP) is 4.44. The number of hydrogen-bond acceptors (Lipinski definition) is 4. The first-order valence-corrected chi connectivity index (χ1v) is 8.91. The smallest absolute Gasteiger partial charge is 0.411 e. The first-order valence-electron chi connectivity index (χ1n) is 6.83. The van der Waals surface area contributed by atoms with Gasteiger partial charge in [-0.15, -0.1) is 0 Å². The van der Waals surface area contributed by atoms with Crippen LogP contribution in [0.3, 0.4) is 0 Å². The number of nitrogens with zero attached hydrogens (tertiary/aromatic N) is 3. The minimum atomic E-state index is -4.60. The summed E-state index contributed by atoms with van der Waals surface area (Å²) >= 11 is 12.0. The average molecular weight is 414 g/mol. The SMILES string of the molecule is CCS(=O)c1c(/C=N/O)nn(-c2c(Cl)cc(C(F)(F)F)cc2Cl)c1C. The van der Waals surface area contributed by atoms with Gasteiger partial charge in [0.25, 0.3) is 0 Å². The van der Waals surface area contributed by atoms with E-state index in [0.29, 0.717) is 5.69 Å². The summed E-state index contributed by atoms with van der Waals surface area (Å²) in [6.45, 7) is 3.25. The molecule has 0 saturated heterocycles. The van der Waals surface area contributed by atoms with Gasteiger partial charge in [-0.1, -0.05) is 35.3 Å². The van der Waals surface area contributed by atoms with Crippen molar-refractivity contribution in [3.8, 4) is 5.69 Å². The van der Waals surface area contributed by atoms with E-state index in [1.54, 1.807) is 13.8 Å². The molecule has 25 heavy (non-hydrogen) atoms. The quantitative estimate of drug-likeness (QED) is 0.457. The summed E-state index contributed by atoms with van der Waals surface area (Å²) in [5.74, 6) is 0.271. The highest BCUT2D eigenvalue weighted by atomic mass is 35.5. The third kappa shape index (κ3) is 3.83. The van der Waals surface area contributed by atoms with Crippen molar-refractivity contribution >= 4 is 40.2 Å². The number of rotatable bonds is 4. The van der Waals surface area contributed by atoms with E-state index in [2.05, 4.69) is 10.3 Å². The van der Waals surface area contributed by atoms with Gasteiger partial charge in [0.2, 0.25) is 0 Å². The number of benzene rings is 1. The number of alkyl halides is 3. The molecule has 1 atom stereocenters. The van der Waals surface area contributed by atoms with Crippen LogP contribution >= 0.6 is 23.2 Å². The van der Waals surface area contributed by atoms with Gasteiger partial charge in [0, 0.05) is 5.75 Å². The lowest BCUT2D eigenvalue weighted by molar-refractivity contribution is -0.137. The third-order valence-electron chi connectivity index (χ3n) is 3.31. The zero-order chi connectivity index (χ0) is 18.9. The Kier molecular flexibility index (Phi) is 5.80. The van der Waals surface area contributed by atoms with Gasteiger partial charge < -0.3 is 5.21 Å². The summed E-state index contributed by atoms with van der Waals surface area (Å²) < 4.78 is 52.0. The Balaban J connectivity index is 2.73. The first-order chi connectivity index (χ1) is 11.6. The molecule has 0 spiro atoms. The van der Waals surface area contributed by atoms with Crippen molar-refractivity contribution in [2.45, 2.75) is 24.9 Å². The minimum absolute atomic E-state index is 0.0146. The highest BCUT2D eigenvalue weighted by Crippen LogP contribution is 2.38. The van der Waals surface area contributed by atoms with Crippen LogP contribution in [0.25, 0.3) is 5.69 Å². The molecule has 0 aliphatic heterocycles. The molecule has 1 N–H and O–H groups in total. The van der Waals surface area contributed by atoms with Gasteiger partial charge in [0.05, 0.1) is 43.2 Å². The zero-order valence-electron chi connectivity index (χ0n) is 12.9. The standard InChI is InChI=1S/C14H12Cl2F3N3O2S/c1-3-25(24)13-7(2)22(21-11(13)6-20-23)12-9(15)4-8(5-10(12)16)14(17,18)19/h4-6,23H,3H2,1-2H3/b20-6+. The van der Waals surface area contributed by atoms with Crippen molar-refractivity contribution < 1.29 is 22.6 Å². The van der Waals surface area contributed by atoms with E-state index in [9.17, 15) is 17.4 Å². The zero-order valence-corrected chi connectivity index (χ0v) is 15.3. The maximum absolute atomic E-state index is 12.9. The van der Waals surface area contributed by atoms with E-state index in [4.69, 9.17) is 28.4 Å². The molecule has 0 fully saturated rings. The Bertz CT molecular complexity index is 843. The molecule has 1 unspecified atom stereocenters. The largest absolute Gasteiger partial charge is 0.416 e. The average Bonchev–Trinajstić information content (AvgIpc) is 2.82. The van der Waals surface area contributed by atoms with Gasteiger partial charge in [-0.3, -0.25) is 4.21 Å². The summed E-state index contributed by atoms with van der Waals surface area (Å²) in [5, 5.41) is 15.2. The van der Waals surface area contributed by atoms with E-state index >= 15 is 0 Å². The summed E-state index contributed by atoms with van der Waals surface area (Å²) in [6.07, 6.45) is -3.62. The van der Waals surface area contributed by atoms with Crippen molar-refractivity contribution in [2.75, 3.05) is 5.75 Å². The van der Waals surface area contributed by atoms with Crippen LogP contribution in [0.1, 0.15) is 23.9 Å². The van der Waals surface area contributed by atoms with Crippen LogP contribution in [-0.2, 0) is 17.0 Å². The molecule has 1 aromatic carbocycles. The van der Waals surface area contributed by atoms with Gasteiger partial charge in [0.1, 0.15) is 11.4 Å². The van der Waals surface area contributed by atoms with Crippen LogP contribution in [0.2, 0.25) is 10.0 Å². The lowest BCUT2D eigenvalue weighted by Gasteiger charge is -2.13. The van der Waals surface area contributed by atoms with Gasteiger partial charge in [-0.25, -0.2) is 4.68 Å². The highest BCUT2D eigenvalue weighted by molar-refractivity contribution is 7.85. The second-order valence-electron chi connectivity index (χ2n) is 4.88. The number of halogens is 5. The van der Waals surface area contributed by atoms with Crippen molar-refractivity contribution in [1.82, 2.24) is 9.78 Å². The fraction of sp³-hybridized carbons (Fsp3) is 0.286. The van der Waals surface area contributed by atoms with E-state index in [1.807, 2.05) is 0 Å². The van der Waals surface area contributed by atoms with Gasteiger partial charge in [0.15, 0.2) is 0 Å². The van der Waals surface area contributed by atoms with Crippen LogP contribution in [0, 0.1) is 6.92 Å². The molecule has 0 bridgehead atoms. The van der Waals surface area contributed by atoms with E-state index in [0.717, 1.165) is 18.3 Å². The molecule has 0 saturated carbocycles. The molecule has 136 valence electrons. The Hall–Kier alpha value is -1.58. The second kappa shape index (κ2) is 7.35. The molecule has 11 heteroatoms. The van der Waals surface area contributed by atoms with Crippen LogP contribution in [0.4, 0.5) is 13.2 Å². The molecular formula is C14H12Cl2F3N3O2S. The van der Waals surface area contributed by atoms with Crippen LogP contribution in [0.5, 0.6) is 0 Å². The molecule has 0 aliphatic rings. The van der Waals surface area contributed by atoms with Crippen LogP contribution in [0.15, 0.2) is 22.2 Å². The Morgan fingerprint density at radius 1 is 1.36 bits per heavy atom. The molecule has 1 aromatic heterocycles. The fourth-order valence-electron chi connectivity index (χ4n) is 2.22. The molecule has 2 aromatic rings. The minimum Gasteiger partial charge on any atom is -0.411 e. The van der Waals surface area contributed by atoms with Crippen molar-refractivity contribution in [3.05, 3.63) is 39.1 Å². The Labute approximate surface area is 153 Å².